The first kappa shape index (κ1) is 13.1. The van der Waals surface area contributed by atoms with Gasteiger partial charge in [-0.2, -0.15) is 0 Å². The third kappa shape index (κ3) is 2.72. The number of likely N-dealkylation sites (N-methyl/N-ethyl adjacent to an activating group) is 1. The van der Waals surface area contributed by atoms with Crippen LogP contribution in [0.15, 0.2) is 6.07 Å². The number of hydrogen-bond donors (Lipinski definition) is 1. The summed E-state index contributed by atoms with van der Waals surface area (Å²) in [6.45, 7) is 2.63. The Morgan fingerprint density at radius 1 is 1.28 bits per heavy atom. The molecular weight excluding hydrogens is 228 g/mol. The van der Waals surface area contributed by atoms with Gasteiger partial charge in [-0.25, -0.2) is 9.97 Å². The maximum Gasteiger partial charge on any atom is 0.134 e. The van der Waals surface area contributed by atoms with Crippen LogP contribution in [0.3, 0.4) is 0 Å². The third-order valence-corrected chi connectivity index (χ3v) is 3.62. The van der Waals surface area contributed by atoms with E-state index in [1.54, 1.807) is 0 Å². The zero-order chi connectivity index (χ0) is 13.1. The first-order valence-electron chi connectivity index (χ1n) is 6.52. The molecule has 0 aliphatic heterocycles. The van der Waals surface area contributed by atoms with E-state index < -0.39 is 0 Å². The lowest BCUT2D eigenvalue weighted by molar-refractivity contribution is 0.304. The minimum atomic E-state index is 0.132. The standard InChI is InChI=1S/C13H22N4O/c1-10-14-12(16(2)7-8-18)9-13(15-10)17(3)11-5-4-6-11/h9,11,18H,4-8H2,1-3H3. The van der Waals surface area contributed by atoms with Gasteiger partial charge in [0.1, 0.15) is 17.5 Å². The van der Waals surface area contributed by atoms with Crippen LogP contribution in [0.1, 0.15) is 25.1 Å². The van der Waals surface area contributed by atoms with Crippen LogP contribution in [-0.4, -0.2) is 48.4 Å². The van der Waals surface area contributed by atoms with Crippen molar-refractivity contribution in [3.63, 3.8) is 0 Å². The number of nitrogens with zero attached hydrogens (tertiary/aromatic N) is 4. The van der Waals surface area contributed by atoms with Crippen molar-refractivity contribution in [2.24, 2.45) is 0 Å². The summed E-state index contributed by atoms with van der Waals surface area (Å²) >= 11 is 0. The molecule has 1 saturated carbocycles. The van der Waals surface area contributed by atoms with E-state index in [2.05, 4.69) is 21.9 Å². The summed E-state index contributed by atoms with van der Waals surface area (Å²) in [4.78, 5) is 13.1. The largest absolute Gasteiger partial charge is 0.395 e. The molecule has 1 aromatic rings. The van der Waals surface area contributed by atoms with E-state index in [0.29, 0.717) is 12.6 Å². The first-order valence-corrected chi connectivity index (χ1v) is 6.52. The SMILES string of the molecule is Cc1nc(N(C)CCO)cc(N(C)C2CCC2)n1. The Kier molecular flexibility index (Phi) is 4.01. The fourth-order valence-electron chi connectivity index (χ4n) is 2.14. The van der Waals surface area contributed by atoms with Gasteiger partial charge in [-0.1, -0.05) is 0 Å². The topological polar surface area (TPSA) is 52.5 Å². The highest BCUT2D eigenvalue weighted by Crippen LogP contribution is 2.28. The van der Waals surface area contributed by atoms with Crippen molar-refractivity contribution in [2.75, 3.05) is 37.0 Å². The molecule has 18 heavy (non-hydrogen) atoms. The van der Waals surface area contributed by atoms with Crippen LogP contribution in [0.5, 0.6) is 0 Å². The monoisotopic (exact) mass is 250 g/mol. The van der Waals surface area contributed by atoms with Gasteiger partial charge >= 0.3 is 0 Å². The van der Waals surface area contributed by atoms with Gasteiger partial charge in [0.25, 0.3) is 0 Å². The van der Waals surface area contributed by atoms with Gasteiger partial charge in [0.2, 0.25) is 0 Å². The molecule has 1 aromatic heterocycles. The number of aromatic nitrogens is 2. The van der Waals surface area contributed by atoms with Gasteiger partial charge in [-0.05, 0) is 26.2 Å². The lowest BCUT2D eigenvalue weighted by atomic mass is 9.92. The number of rotatable bonds is 5. The molecule has 2 rings (SSSR count). The highest BCUT2D eigenvalue weighted by Gasteiger charge is 2.23. The zero-order valence-electron chi connectivity index (χ0n) is 11.4. The van der Waals surface area contributed by atoms with Crippen molar-refractivity contribution in [3.8, 4) is 0 Å². The van der Waals surface area contributed by atoms with Crippen molar-refractivity contribution in [2.45, 2.75) is 32.2 Å². The van der Waals surface area contributed by atoms with E-state index in [1.807, 2.05) is 24.9 Å². The Morgan fingerprint density at radius 3 is 2.50 bits per heavy atom. The van der Waals surface area contributed by atoms with Crippen LogP contribution in [-0.2, 0) is 0 Å². The second-order valence-corrected chi connectivity index (χ2v) is 4.97. The molecule has 100 valence electrons. The van der Waals surface area contributed by atoms with E-state index in [-0.39, 0.29) is 6.61 Å². The molecular formula is C13H22N4O. The summed E-state index contributed by atoms with van der Waals surface area (Å²) in [5.41, 5.74) is 0. The minimum Gasteiger partial charge on any atom is -0.395 e. The molecule has 0 bridgehead atoms. The van der Waals surface area contributed by atoms with Crippen molar-refractivity contribution in [1.82, 2.24) is 9.97 Å². The highest BCUT2D eigenvalue weighted by molar-refractivity contribution is 5.51. The highest BCUT2D eigenvalue weighted by atomic mass is 16.3. The van der Waals surface area contributed by atoms with E-state index >= 15 is 0 Å². The maximum absolute atomic E-state index is 8.99. The van der Waals surface area contributed by atoms with Crippen LogP contribution < -0.4 is 9.80 Å². The van der Waals surface area contributed by atoms with Crippen LogP contribution in [0.2, 0.25) is 0 Å². The van der Waals surface area contributed by atoms with E-state index in [4.69, 9.17) is 5.11 Å². The van der Waals surface area contributed by atoms with E-state index in [1.165, 1.54) is 19.3 Å². The van der Waals surface area contributed by atoms with Crippen LogP contribution >= 0.6 is 0 Å². The minimum absolute atomic E-state index is 0.132. The molecule has 0 spiro atoms. The molecule has 1 heterocycles. The Morgan fingerprint density at radius 2 is 1.94 bits per heavy atom. The number of aliphatic hydroxyl groups excluding tert-OH is 1. The predicted molar refractivity (Wildman–Crippen MR) is 73.2 cm³/mol. The smallest absolute Gasteiger partial charge is 0.134 e. The number of anilines is 2. The summed E-state index contributed by atoms with van der Waals surface area (Å²) < 4.78 is 0. The summed E-state index contributed by atoms with van der Waals surface area (Å²) in [6, 6.07) is 2.62. The zero-order valence-corrected chi connectivity index (χ0v) is 11.4. The number of aryl methyl sites for hydroxylation is 1. The second kappa shape index (κ2) is 5.52. The van der Waals surface area contributed by atoms with Gasteiger partial charge in [-0.3, -0.25) is 0 Å². The van der Waals surface area contributed by atoms with Crippen molar-refractivity contribution < 1.29 is 5.11 Å². The average molecular weight is 250 g/mol. The van der Waals surface area contributed by atoms with Crippen LogP contribution in [0, 0.1) is 6.92 Å². The average Bonchev–Trinajstić information content (AvgIpc) is 2.26. The molecule has 0 amide bonds. The van der Waals surface area contributed by atoms with Crippen molar-refractivity contribution >= 4 is 11.6 Å². The Bertz CT molecular complexity index is 406. The van der Waals surface area contributed by atoms with E-state index in [0.717, 1.165) is 17.5 Å². The molecule has 1 N–H and O–H groups in total. The second-order valence-electron chi connectivity index (χ2n) is 4.97. The predicted octanol–water partition coefficient (Wildman–Crippen LogP) is 1.20. The van der Waals surface area contributed by atoms with Crippen LogP contribution in [0.25, 0.3) is 0 Å². The number of hydrogen-bond acceptors (Lipinski definition) is 5. The molecule has 0 atom stereocenters. The normalized spacial score (nSPS) is 15.3. The molecule has 0 saturated heterocycles. The molecule has 1 fully saturated rings. The molecule has 1 aliphatic carbocycles. The van der Waals surface area contributed by atoms with Gasteiger partial charge < -0.3 is 14.9 Å². The molecule has 0 unspecified atom stereocenters. The quantitative estimate of drug-likeness (QED) is 0.851. The molecule has 1 aliphatic rings. The fraction of sp³-hybridized carbons (Fsp3) is 0.692. The third-order valence-electron chi connectivity index (χ3n) is 3.62. The Balaban J connectivity index is 2.19. The first-order chi connectivity index (χ1) is 8.61. The maximum atomic E-state index is 8.99. The van der Waals surface area contributed by atoms with Gasteiger partial charge in [0.15, 0.2) is 0 Å². The lowest BCUT2D eigenvalue weighted by Crippen LogP contribution is -2.38. The molecule has 0 radical (unpaired) electrons. The molecule has 5 heteroatoms. The number of aliphatic hydroxyl groups is 1. The Labute approximate surface area is 108 Å². The fourth-order valence-corrected chi connectivity index (χ4v) is 2.14. The van der Waals surface area contributed by atoms with Gasteiger partial charge in [0.05, 0.1) is 6.61 Å². The van der Waals surface area contributed by atoms with Crippen LogP contribution in [0.4, 0.5) is 11.6 Å². The molecule has 0 aromatic carbocycles. The molecule has 5 nitrogen and oxygen atoms in total. The van der Waals surface area contributed by atoms with E-state index in [9.17, 15) is 0 Å². The van der Waals surface area contributed by atoms with Gasteiger partial charge in [-0.15, -0.1) is 0 Å². The summed E-state index contributed by atoms with van der Waals surface area (Å²) in [5, 5.41) is 8.99. The van der Waals surface area contributed by atoms with Crippen molar-refractivity contribution in [3.05, 3.63) is 11.9 Å². The summed E-state index contributed by atoms with van der Waals surface area (Å²) in [5.74, 6) is 2.63. The lowest BCUT2D eigenvalue weighted by Gasteiger charge is -2.36. The summed E-state index contributed by atoms with van der Waals surface area (Å²) in [7, 11) is 4.03. The van der Waals surface area contributed by atoms with Crippen molar-refractivity contribution in [1.29, 1.82) is 0 Å². The summed E-state index contributed by atoms with van der Waals surface area (Å²) in [6.07, 6.45) is 3.82. The Hall–Kier alpha value is -1.36. The van der Waals surface area contributed by atoms with Gasteiger partial charge in [0, 0.05) is 32.7 Å².